The van der Waals surface area contributed by atoms with Crippen LogP contribution >= 0.6 is 0 Å². The number of rotatable bonds is 2. The lowest BCUT2D eigenvalue weighted by Gasteiger charge is -1.96. The standard InChI is InChI=1S/C8H10N2.C7H9N.C7H8.C6H10.C4H8.C2H6/c1-6-2-4-7(5-3-6)8(9)10;8-7-5-3-1-2-4-6-7;1-7-5-3-2-4-6-7;1-4-5-6(2)3;1-3-4-2;1-2/h2-5H,1H3,(H3,9,10);1-7H,8H2;2-6H,1H3;4-5H,2H2,1,3H3;3-4H,1-2H3;1-2H3/b;;;5-4-;4-3-;. The molecule has 3 heteroatoms. The molecule has 2 aromatic rings. The second-order valence-corrected chi connectivity index (χ2v) is 7.68. The first-order valence-corrected chi connectivity index (χ1v) is 12.7. The van der Waals surface area contributed by atoms with Crippen molar-refractivity contribution in [1.29, 1.82) is 5.41 Å². The maximum absolute atomic E-state index is 7.08. The van der Waals surface area contributed by atoms with Crippen molar-refractivity contribution in [3.05, 3.63) is 144 Å². The Bertz CT molecular complexity index is 924. The predicted molar refractivity (Wildman–Crippen MR) is 170 cm³/mol. The van der Waals surface area contributed by atoms with Crippen LogP contribution in [0.2, 0.25) is 0 Å². The fraction of sp³-hybridized carbons (Fsp3) is 0.265. The van der Waals surface area contributed by atoms with E-state index in [1.807, 2.05) is 152 Å². The molecule has 1 aliphatic rings. The lowest BCUT2D eigenvalue weighted by molar-refractivity contribution is 1.03. The van der Waals surface area contributed by atoms with Gasteiger partial charge in [0.2, 0.25) is 0 Å². The van der Waals surface area contributed by atoms with E-state index < -0.39 is 0 Å². The Morgan fingerprint density at radius 2 is 1.19 bits per heavy atom. The van der Waals surface area contributed by atoms with Crippen LogP contribution in [0.4, 0.5) is 0 Å². The monoisotopic (exact) mass is 501 g/mol. The molecule has 0 fully saturated rings. The Kier molecular flexibility index (Phi) is 29.2. The maximum atomic E-state index is 7.08. The van der Waals surface area contributed by atoms with E-state index in [4.69, 9.17) is 16.9 Å². The molecule has 5 N–H and O–H groups in total. The average Bonchev–Trinajstić information content (AvgIpc) is 3.14. The summed E-state index contributed by atoms with van der Waals surface area (Å²) < 4.78 is 0. The van der Waals surface area contributed by atoms with Gasteiger partial charge in [0, 0.05) is 11.6 Å². The van der Waals surface area contributed by atoms with Gasteiger partial charge in [0.15, 0.2) is 0 Å². The highest BCUT2D eigenvalue weighted by Crippen LogP contribution is 2.01. The first-order chi connectivity index (χ1) is 17.7. The highest BCUT2D eigenvalue weighted by molar-refractivity contribution is 5.94. The van der Waals surface area contributed by atoms with Crippen molar-refractivity contribution in [3.8, 4) is 0 Å². The zero-order valence-electron chi connectivity index (χ0n) is 24.4. The minimum atomic E-state index is 0.102. The van der Waals surface area contributed by atoms with Crippen molar-refractivity contribution in [2.45, 2.75) is 61.4 Å². The molecule has 3 rings (SSSR count). The number of nitrogens with one attached hydrogen (secondary N) is 1. The number of nitrogens with two attached hydrogens (primary N) is 2. The highest BCUT2D eigenvalue weighted by Gasteiger charge is 1.92. The van der Waals surface area contributed by atoms with Gasteiger partial charge in [-0.05, 0) is 41.5 Å². The lowest BCUT2D eigenvalue weighted by Crippen LogP contribution is -2.11. The molecule has 0 atom stereocenters. The topological polar surface area (TPSA) is 75.9 Å². The van der Waals surface area contributed by atoms with Crippen molar-refractivity contribution in [2.75, 3.05) is 0 Å². The number of nitrogen functional groups attached to an aromatic ring is 1. The van der Waals surface area contributed by atoms with Gasteiger partial charge >= 0.3 is 0 Å². The molecule has 0 heterocycles. The van der Waals surface area contributed by atoms with Gasteiger partial charge in [-0.1, -0.05) is 152 Å². The highest BCUT2D eigenvalue weighted by atomic mass is 14.7. The first-order valence-electron chi connectivity index (χ1n) is 12.7. The summed E-state index contributed by atoms with van der Waals surface area (Å²) in [5.41, 5.74) is 15.2. The molecule has 0 saturated carbocycles. The third-order valence-electron chi connectivity index (χ3n) is 4.09. The van der Waals surface area contributed by atoms with E-state index >= 15 is 0 Å². The number of amidine groups is 1. The van der Waals surface area contributed by atoms with Crippen LogP contribution in [0.3, 0.4) is 0 Å². The van der Waals surface area contributed by atoms with Gasteiger partial charge in [0.25, 0.3) is 0 Å². The molecule has 0 amide bonds. The van der Waals surface area contributed by atoms with Crippen molar-refractivity contribution in [1.82, 2.24) is 0 Å². The number of aryl methyl sites for hydroxylation is 2. The van der Waals surface area contributed by atoms with Gasteiger partial charge in [0.05, 0.1) is 0 Å². The molecule has 2 aromatic carbocycles. The summed E-state index contributed by atoms with van der Waals surface area (Å²) in [6.07, 6.45) is 19.7. The molecule has 0 radical (unpaired) electrons. The molecule has 37 heavy (non-hydrogen) atoms. The van der Waals surface area contributed by atoms with Crippen LogP contribution in [0, 0.1) is 19.3 Å². The van der Waals surface area contributed by atoms with E-state index in [2.05, 4.69) is 25.6 Å². The Labute approximate surface area is 228 Å². The van der Waals surface area contributed by atoms with Crippen LogP contribution in [0.25, 0.3) is 0 Å². The van der Waals surface area contributed by atoms with E-state index in [1.165, 1.54) is 11.1 Å². The quantitative estimate of drug-likeness (QED) is 0.166. The first kappa shape index (κ1) is 37.9. The number of allylic oxidation sites excluding steroid dienone is 9. The molecule has 0 spiro atoms. The molecular formula is C34H51N3. The van der Waals surface area contributed by atoms with Crippen molar-refractivity contribution in [3.63, 3.8) is 0 Å². The normalized spacial score (nSPS) is 11.1. The lowest BCUT2D eigenvalue weighted by atomic mass is 10.1. The molecular weight excluding hydrogens is 450 g/mol. The summed E-state index contributed by atoms with van der Waals surface area (Å²) in [6, 6.07) is 17.9. The van der Waals surface area contributed by atoms with Gasteiger partial charge in [-0.3, -0.25) is 5.41 Å². The third kappa shape index (κ3) is 30.3. The summed E-state index contributed by atoms with van der Waals surface area (Å²) in [6.45, 7) is 19.7. The second-order valence-electron chi connectivity index (χ2n) is 7.68. The summed E-state index contributed by atoms with van der Waals surface area (Å²) in [5, 5.41) is 7.08. The summed E-state index contributed by atoms with van der Waals surface area (Å²) in [7, 11) is 0. The van der Waals surface area contributed by atoms with Gasteiger partial charge in [0.1, 0.15) is 5.84 Å². The van der Waals surface area contributed by atoms with E-state index in [9.17, 15) is 0 Å². The molecule has 202 valence electrons. The van der Waals surface area contributed by atoms with Crippen LogP contribution < -0.4 is 11.5 Å². The van der Waals surface area contributed by atoms with E-state index in [1.54, 1.807) is 0 Å². The molecule has 3 nitrogen and oxygen atoms in total. The van der Waals surface area contributed by atoms with E-state index in [0.717, 1.165) is 11.1 Å². The minimum Gasteiger partial charge on any atom is -0.384 e. The number of benzene rings is 2. The second kappa shape index (κ2) is 28.5. The summed E-state index contributed by atoms with van der Waals surface area (Å²) in [4.78, 5) is 0. The average molecular weight is 502 g/mol. The third-order valence-corrected chi connectivity index (χ3v) is 4.09. The zero-order valence-corrected chi connectivity index (χ0v) is 24.4. The Morgan fingerprint density at radius 3 is 1.46 bits per heavy atom. The smallest absolute Gasteiger partial charge is 0.122 e. The summed E-state index contributed by atoms with van der Waals surface area (Å²) >= 11 is 0. The minimum absolute atomic E-state index is 0.102. The fourth-order valence-electron chi connectivity index (χ4n) is 2.13. The van der Waals surface area contributed by atoms with E-state index in [0.29, 0.717) is 0 Å². The van der Waals surface area contributed by atoms with Crippen LogP contribution in [0.1, 0.15) is 58.2 Å². The Morgan fingerprint density at radius 1 is 0.757 bits per heavy atom. The van der Waals surface area contributed by atoms with Crippen LogP contribution in [0.5, 0.6) is 0 Å². The van der Waals surface area contributed by atoms with Gasteiger partial charge in [-0.25, -0.2) is 0 Å². The van der Waals surface area contributed by atoms with Crippen molar-refractivity contribution >= 4 is 5.84 Å². The summed E-state index contributed by atoms with van der Waals surface area (Å²) in [5.74, 6) is 0.125. The SMILES string of the molecule is C/C=C\C.C=C(C)/C=C\C.CC.Cc1ccc(C(=N)N)cc1.Cc1ccccc1.NC1C=CC=CC=C1. The molecule has 0 bridgehead atoms. The van der Waals surface area contributed by atoms with Gasteiger partial charge in [-0.2, -0.15) is 0 Å². The molecule has 0 aliphatic heterocycles. The molecule has 0 unspecified atom stereocenters. The molecule has 0 aromatic heterocycles. The Hall–Kier alpha value is -3.69. The largest absolute Gasteiger partial charge is 0.384 e. The maximum Gasteiger partial charge on any atom is 0.122 e. The predicted octanol–water partition coefficient (Wildman–Crippen LogP) is 9.02. The van der Waals surface area contributed by atoms with Crippen molar-refractivity contribution in [2.24, 2.45) is 11.5 Å². The van der Waals surface area contributed by atoms with Crippen LogP contribution in [-0.4, -0.2) is 11.9 Å². The Balaban J connectivity index is -0.000000395. The van der Waals surface area contributed by atoms with Gasteiger partial charge < -0.3 is 11.5 Å². The van der Waals surface area contributed by atoms with Gasteiger partial charge in [-0.15, -0.1) is 0 Å². The fourth-order valence-corrected chi connectivity index (χ4v) is 2.13. The number of hydrogen-bond donors (Lipinski definition) is 3. The molecule has 0 saturated heterocycles. The molecule has 1 aliphatic carbocycles. The van der Waals surface area contributed by atoms with Crippen molar-refractivity contribution < 1.29 is 0 Å². The van der Waals surface area contributed by atoms with Crippen LogP contribution in [0.15, 0.2) is 128 Å². The van der Waals surface area contributed by atoms with E-state index in [-0.39, 0.29) is 11.9 Å². The zero-order chi connectivity index (χ0) is 28.9. The number of hydrogen-bond acceptors (Lipinski definition) is 2. The van der Waals surface area contributed by atoms with Crippen LogP contribution in [-0.2, 0) is 0 Å².